The van der Waals surface area contributed by atoms with Crippen LogP contribution in [0.1, 0.15) is 5.56 Å². The molecule has 1 aromatic rings. The highest BCUT2D eigenvalue weighted by molar-refractivity contribution is 7.08. The van der Waals surface area contributed by atoms with E-state index in [9.17, 15) is 4.79 Å². The second-order valence-electron chi connectivity index (χ2n) is 2.03. The highest BCUT2D eigenvalue weighted by Crippen LogP contribution is 2.10. The minimum Gasteiger partial charge on any atom is -0.477 e. The molecule has 0 saturated carbocycles. The Labute approximate surface area is 73.2 Å². The third kappa shape index (κ3) is 1.94. The van der Waals surface area contributed by atoms with Crippen LogP contribution in [0.4, 0.5) is 0 Å². The average Bonchev–Trinajstić information content (AvgIpc) is 2.51. The first-order valence-electron chi connectivity index (χ1n) is 3.11. The van der Waals surface area contributed by atoms with E-state index in [4.69, 9.17) is 10.4 Å². The first kappa shape index (κ1) is 8.50. The molecule has 1 heterocycles. The van der Waals surface area contributed by atoms with E-state index in [1.807, 2.05) is 5.38 Å². The Morgan fingerprint density at radius 3 is 2.92 bits per heavy atom. The molecule has 0 aliphatic heterocycles. The first-order valence-corrected chi connectivity index (χ1v) is 4.05. The highest BCUT2D eigenvalue weighted by atomic mass is 32.1. The normalized spacial score (nSPS) is 10.8. The monoisotopic (exact) mass is 179 g/mol. The Morgan fingerprint density at radius 2 is 2.50 bits per heavy atom. The average molecular weight is 179 g/mol. The van der Waals surface area contributed by atoms with E-state index in [1.54, 1.807) is 17.5 Å². The number of carbonyl (C=O) groups is 1. The second kappa shape index (κ2) is 3.69. The van der Waals surface area contributed by atoms with Crippen LogP contribution in [-0.4, -0.2) is 11.1 Å². The van der Waals surface area contributed by atoms with Crippen LogP contribution < -0.4 is 0 Å². The van der Waals surface area contributed by atoms with Gasteiger partial charge < -0.3 is 5.11 Å². The molecular weight excluding hydrogens is 174 g/mol. The predicted octanol–water partition coefficient (Wildman–Crippen LogP) is 1.74. The van der Waals surface area contributed by atoms with Crippen LogP contribution in [0, 0.1) is 11.3 Å². The van der Waals surface area contributed by atoms with Gasteiger partial charge in [0.1, 0.15) is 11.6 Å². The standard InChI is InChI=1S/C8H5NO2S/c9-4-7(8(10)11)3-6-1-2-12-5-6/h1-3,5H,(H,10,11)/b7-3-. The maximum absolute atomic E-state index is 10.4. The third-order valence-electron chi connectivity index (χ3n) is 1.21. The van der Waals surface area contributed by atoms with Gasteiger partial charge in [0.2, 0.25) is 0 Å². The smallest absolute Gasteiger partial charge is 0.346 e. The third-order valence-corrected chi connectivity index (χ3v) is 1.91. The molecule has 0 fully saturated rings. The quantitative estimate of drug-likeness (QED) is 0.555. The molecule has 0 bridgehead atoms. The summed E-state index contributed by atoms with van der Waals surface area (Å²) in [5.41, 5.74) is 0.507. The summed E-state index contributed by atoms with van der Waals surface area (Å²) >= 11 is 1.46. The number of hydrogen-bond acceptors (Lipinski definition) is 3. The molecule has 1 aromatic heterocycles. The van der Waals surface area contributed by atoms with Gasteiger partial charge in [0.05, 0.1) is 0 Å². The fraction of sp³-hybridized carbons (Fsp3) is 0. The molecular formula is C8H5NO2S. The van der Waals surface area contributed by atoms with Gasteiger partial charge in [-0.05, 0) is 28.5 Å². The number of thiophene rings is 1. The van der Waals surface area contributed by atoms with Crippen molar-refractivity contribution in [2.75, 3.05) is 0 Å². The summed E-state index contributed by atoms with van der Waals surface area (Å²) < 4.78 is 0. The van der Waals surface area contributed by atoms with Crippen molar-refractivity contribution in [3.8, 4) is 6.07 Å². The summed E-state index contributed by atoms with van der Waals surface area (Å²) in [6.45, 7) is 0. The van der Waals surface area contributed by atoms with Crippen LogP contribution in [0.2, 0.25) is 0 Å². The molecule has 0 radical (unpaired) electrons. The fourth-order valence-electron chi connectivity index (χ4n) is 0.666. The Balaban J connectivity index is 2.95. The van der Waals surface area contributed by atoms with Gasteiger partial charge in [-0.1, -0.05) is 0 Å². The van der Waals surface area contributed by atoms with E-state index >= 15 is 0 Å². The Kier molecular flexibility index (Phi) is 2.62. The van der Waals surface area contributed by atoms with Gasteiger partial charge in [-0.2, -0.15) is 16.6 Å². The molecule has 0 aromatic carbocycles. The summed E-state index contributed by atoms with van der Waals surface area (Å²) in [4.78, 5) is 10.4. The number of carboxylic acid groups (broad SMARTS) is 1. The van der Waals surface area contributed by atoms with Gasteiger partial charge in [0, 0.05) is 0 Å². The molecule has 0 spiro atoms. The fourth-order valence-corrected chi connectivity index (χ4v) is 1.28. The van der Waals surface area contributed by atoms with Gasteiger partial charge in [-0.15, -0.1) is 0 Å². The van der Waals surface area contributed by atoms with Crippen molar-refractivity contribution in [1.29, 1.82) is 5.26 Å². The molecule has 0 amide bonds. The van der Waals surface area contributed by atoms with Crippen molar-refractivity contribution >= 4 is 23.4 Å². The van der Waals surface area contributed by atoms with Crippen LogP contribution in [0.5, 0.6) is 0 Å². The second-order valence-corrected chi connectivity index (χ2v) is 2.81. The zero-order valence-corrected chi connectivity index (χ0v) is 6.84. The zero-order valence-electron chi connectivity index (χ0n) is 6.02. The maximum Gasteiger partial charge on any atom is 0.346 e. The van der Waals surface area contributed by atoms with Gasteiger partial charge in [0.25, 0.3) is 0 Å². The number of nitrogens with zero attached hydrogens (tertiary/aromatic N) is 1. The molecule has 3 nitrogen and oxygen atoms in total. The molecule has 12 heavy (non-hydrogen) atoms. The van der Waals surface area contributed by atoms with Crippen LogP contribution in [0.3, 0.4) is 0 Å². The highest BCUT2D eigenvalue weighted by Gasteiger charge is 2.04. The number of rotatable bonds is 2. The van der Waals surface area contributed by atoms with Crippen LogP contribution >= 0.6 is 11.3 Å². The van der Waals surface area contributed by atoms with Crippen molar-refractivity contribution in [3.05, 3.63) is 28.0 Å². The largest absolute Gasteiger partial charge is 0.477 e. The zero-order chi connectivity index (χ0) is 8.97. The van der Waals surface area contributed by atoms with E-state index in [0.29, 0.717) is 0 Å². The van der Waals surface area contributed by atoms with E-state index in [1.165, 1.54) is 17.4 Å². The van der Waals surface area contributed by atoms with Gasteiger partial charge in [-0.25, -0.2) is 4.79 Å². The lowest BCUT2D eigenvalue weighted by Crippen LogP contribution is -1.96. The van der Waals surface area contributed by atoms with Crippen molar-refractivity contribution in [1.82, 2.24) is 0 Å². The molecule has 0 saturated heterocycles. The SMILES string of the molecule is N#C/C(=C/c1ccsc1)C(=O)O. The molecule has 0 atom stereocenters. The van der Waals surface area contributed by atoms with Crippen molar-refractivity contribution in [2.24, 2.45) is 0 Å². The molecule has 0 unspecified atom stereocenters. The van der Waals surface area contributed by atoms with Crippen molar-refractivity contribution < 1.29 is 9.90 Å². The van der Waals surface area contributed by atoms with Gasteiger partial charge in [-0.3, -0.25) is 0 Å². The topological polar surface area (TPSA) is 61.1 Å². The summed E-state index contributed by atoms with van der Waals surface area (Å²) in [5.74, 6) is -1.19. The number of nitriles is 1. The van der Waals surface area contributed by atoms with Crippen LogP contribution in [-0.2, 0) is 4.79 Å². The minimum absolute atomic E-state index is 0.242. The van der Waals surface area contributed by atoms with Crippen molar-refractivity contribution in [2.45, 2.75) is 0 Å². The molecule has 0 aliphatic rings. The minimum atomic E-state index is -1.19. The van der Waals surface area contributed by atoms with Crippen LogP contribution in [0.25, 0.3) is 6.08 Å². The van der Waals surface area contributed by atoms with Crippen molar-refractivity contribution in [3.63, 3.8) is 0 Å². The summed E-state index contributed by atoms with van der Waals surface area (Å²) in [5, 5.41) is 20.5. The molecule has 1 N–H and O–H groups in total. The van der Waals surface area contributed by atoms with E-state index in [2.05, 4.69) is 0 Å². The lowest BCUT2D eigenvalue weighted by atomic mass is 10.2. The summed E-state index contributed by atoms with van der Waals surface area (Å²) in [7, 11) is 0. The Morgan fingerprint density at radius 1 is 1.75 bits per heavy atom. The summed E-state index contributed by atoms with van der Waals surface area (Å²) in [6.07, 6.45) is 1.35. The van der Waals surface area contributed by atoms with E-state index < -0.39 is 5.97 Å². The lowest BCUT2D eigenvalue weighted by Gasteiger charge is -1.86. The lowest BCUT2D eigenvalue weighted by molar-refractivity contribution is -0.132. The molecule has 1 rings (SSSR count). The maximum atomic E-state index is 10.4. The van der Waals surface area contributed by atoms with E-state index in [0.717, 1.165) is 5.56 Å². The first-order chi connectivity index (χ1) is 5.74. The number of hydrogen-bond donors (Lipinski definition) is 1. The predicted molar refractivity (Wildman–Crippen MR) is 45.5 cm³/mol. The summed E-state index contributed by atoms with van der Waals surface area (Å²) in [6, 6.07) is 3.36. The van der Waals surface area contributed by atoms with E-state index in [-0.39, 0.29) is 5.57 Å². The molecule has 0 aliphatic carbocycles. The van der Waals surface area contributed by atoms with Gasteiger partial charge in [0.15, 0.2) is 0 Å². The van der Waals surface area contributed by atoms with Gasteiger partial charge >= 0.3 is 5.97 Å². The molecule has 60 valence electrons. The van der Waals surface area contributed by atoms with Crippen LogP contribution in [0.15, 0.2) is 22.4 Å². The number of carboxylic acids is 1. The molecule has 4 heteroatoms. The number of aliphatic carboxylic acids is 1. The Bertz CT molecular complexity index is 346. The Hall–Kier alpha value is -1.60.